The van der Waals surface area contributed by atoms with Crippen LogP contribution >= 0.6 is 0 Å². The van der Waals surface area contributed by atoms with Crippen LogP contribution in [0.5, 0.6) is 0 Å². The zero-order valence-corrected chi connectivity index (χ0v) is 12.6. The van der Waals surface area contributed by atoms with Gasteiger partial charge in [-0.2, -0.15) is 0 Å². The molecule has 0 amide bonds. The molecule has 0 unspecified atom stereocenters. The quantitative estimate of drug-likeness (QED) is 0.798. The van der Waals surface area contributed by atoms with Crippen molar-refractivity contribution < 1.29 is 13.9 Å². The number of hydrogen-bond donors (Lipinski definition) is 0. The van der Waals surface area contributed by atoms with Crippen LogP contribution < -0.4 is 0 Å². The molecule has 1 fully saturated rings. The summed E-state index contributed by atoms with van der Waals surface area (Å²) < 4.78 is 25.2. The average Bonchev–Trinajstić information content (AvgIpc) is 2.97. The minimum atomic E-state index is -0.425. The Morgan fingerprint density at radius 3 is 2.77 bits per heavy atom. The van der Waals surface area contributed by atoms with Crippen molar-refractivity contribution in [2.75, 3.05) is 13.2 Å². The standard InChI is InChI=1S/C18H18FNO2/c1-12-11-20-16-3-2-14(19)10-15(16)17(12)13-4-6-18(7-5-13)21-8-9-22-18/h2-4,10-11H,5-9H2,1H3. The maximum absolute atomic E-state index is 13.7. The number of aromatic nitrogens is 1. The topological polar surface area (TPSA) is 31.4 Å². The van der Waals surface area contributed by atoms with Gasteiger partial charge in [0.1, 0.15) is 5.82 Å². The van der Waals surface area contributed by atoms with Gasteiger partial charge >= 0.3 is 0 Å². The average molecular weight is 299 g/mol. The Labute approximate surface area is 128 Å². The van der Waals surface area contributed by atoms with E-state index >= 15 is 0 Å². The molecule has 4 heteroatoms. The third kappa shape index (κ3) is 2.23. The third-order valence-electron chi connectivity index (χ3n) is 4.59. The van der Waals surface area contributed by atoms with Gasteiger partial charge in [0.2, 0.25) is 0 Å². The van der Waals surface area contributed by atoms with Gasteiger partial charge in [0.25, 0.3) is 0 Å². The van der Waals surface area contributed by atoms with Crippen LogP contribution in [0.1, 0.15) is 30.4 Å². The van der Waals surface area contributed by atoms with Crippen molar-refractivity contribution >= 4 is 16.5 Å². The summed E-state index contributed by atoms with van der Waals surface area (Å²) in [5, 5.41) is 0.885. The van der Waals surface area contributed by atoms with E-state index in [1.165, 1.54) is 11.6 Å². The molecule has 1 aliphatic heterocycles. The molecule has 2 aromatic rings. The number of benzene rings is 1. The SMILES string of the molecule is Cc1cnc2ccc(F)cc2c1C1=CCC2(CC1)OCCO2. The van der Waals surface area contributed by atoms with E-state index in [-0.39, 0.29) is 5.82 Å². The molecular formula is C18H18FNO2. The fraction of sp³-hybridized carbons (Fsp3) is 0.389. The first-order valence-corrected chi connectivity index (χ1v) is 7.69. The van der Waals surface area contributed by atoms with Crippen LogP contribution in [0, 0.1) is 12.7 Å². The van der Waals surface area contributed by atoms with Crippen LogP contribution in [0.15, 0.2) is 30.5 Å². The highest BCUT2D eigenvalue weighted by atomic mass is 19.1. The minimum Gasteiger partial charge on any atom is -0.347 e. The maximum atomic E-state index is 13.7. The summed E-state index contributed by atoms with van der Waals surface area (Å²) in [5.41, 5.74) is 4.25. The number of aryl methyl sites for hydroxylation is 1. The molecule has 0 bridgehead atoms. The van der Waals surface area contributed by atoms with E-state index in [9.17, 15) is 4.39 Å². The van der Waals surface area contributed by atoms with Crippen molar-refractivity contribution in [1.29, 1.82) is 0 Å². The largest absolute Gasteiger partial charge is 0.347 e. The smallest absolute Gasteiger partial charge is 0.172 e. The summed E-state index contributed by atoms with van der Waals surface area (Å²) in [4.78, 5) is 4.41. The number of rotatable bonds is 1. The van der Waals surface area contributed by atoms with Gasteiger partial charge in [-0.3, -0.25) is 4.98 Å². The summed E-state index contributed by atoms with van der Waals surface area (Å²) in [7, 11) is 0. The van der Waals surface area contributed by atoms with Crippen molar-refractivity contribution in [3.63, 3.8) is 0 Å². The number of hydrogen-bond acceptors (Lipinski definition) is 3. The lowest BCUT2D eigenvalue weighted by Gasteiger charge is -2.31. The van der Waals surface area contributed by atoms with Crippen LogP contribution in [0.4, 0.5) is 4.39 Å². The second-order valence-corrected chi connectivity index (χ2v) is 6.02. The summed E-state index contributed by atoms with van der Waals surface area (Å²) in [6, 6.07) is 4.78. The fourth-order valence-corrected chi connectivity index (χ4v) is 3.48. The first-order valence-electron chi connectivity index (χ1n) is 7.69. The fourth-order valence-electron chi connectivity index (χ4n) is 3.48. The van der Waals surface area contributed by atoms with Crippen LogP contribution in [0.25, 0.3) is 16.5 Å². The Hall–Kier alpha value is -1.78. The summed E-state index contributed by atoms with van der Waals surface area (Å²) >= 11 is 0. The first-order chi connectivity index (χ1) is 10.7. The van der Waals surface area contributed by atoms with Gasteiger partial charge in [-0.15, -0.1) is 0 Å². The molecule has 2 heterocycles. The molecule has 0 saturated carbocycles. The monoisotopic (exact) mass is 299 g/mol. The van der Waals surface area contributed by atoms with Crippen LogP contribution in [0.3, 0.4) is 0 Å². The highest BCUT2D eigenvalue weighted by Crippen LogP contribution is 2.40. The molecule has 0 atom stereocenters. The maximum Gasteiger partial charge on any atom is 0.172 e. The molecule has 2 aliphatic rings. The molecule has 0 radical (unpaired) electrons. The Morgan fingerprint density at radius 2 is 2.05 bits per heavy atom. The first kappa shape index (κ1) is 13.9. The molecule has 1 spiro atoms. The molecule has 1 saturated heterocycles. The van der Waals surface area contributed by atoms with E-state index < -0.39 is 5.79 Å². The summed E-state index contributed by atoms with van der Waals surface area (Å²) in [6.07, 6.45) is 6.51. The van der Waals surface area contributed by atoms with E-state index in [1.807, 2.05) is 13.1 Å². The van der Waals surface area contributed by atoms with E-state index in [0.29, 0.717) is 13.2 Å². The number of allylic oxidation sites excluding steroid dienone is 1. The van der Waals surface area contributed by atoms with Gasteiger partial charge in [-0.1, -0.05) is 6.08 Å². The summed E-state index contributed by atoms with van der Waals surface area (Å²) in [5.74, 6) is -0.651. The molecule has 4 rings (SSSR count). The van der Waals surface area contributed by atoms with Crippen molar-refractivity contribution in [2.24, 2.45) is 0 Å². The van der Waals surface area contributed by atoms with Crippen LogP contribution in [0.2, 0.25) is 0 Å². The number of fused-ring (bicyclic) bond motifs is 1. The van der Waals surface area contributed by atoms with Crippen molar-refractivity contribution in [2.45, 2.75) is 32.0 Å². The van der Waals surface area contributed by atoms with E-state index in [1.54, 1.807) is 12.1 Å². The predicted octanol–water partition coefficient (Wildman–Crippen LogP) is 3.99. The van der Waals surface area contributed by atoms with E-state index in [2.05, 4.69) is 11.1 Å². The lowest BCUT2D eigenvalue weighted by Crippen LogP contribution is -2.31. The van der Waals surface area contributed by atoms with Crippen LogP contribution in [-0.4, -0.2) is 24.0 Å². The second-order valence-electron chi connectivity index (χ2n) is 6.02. The molecule has 1 aromatic heterocycles. The third-order valence-corrected chi connectivity index (χ3v) is 4.59. The number of halogens is 1. The molecule has 3 nitrogen and oxygen atoms in total. The minimum absolute atomic E-state index is 0.225. The molecule has 1 aromatic carbocycles. The van der Waals surface area contributed by atoms with Gasteiger partial charge in [-0.25, -0.2) is 4.39 Å². The van der Waals surface area contributed by atoms with Gasteiger partial charge < -0.3 is 9.47 Å². The van der Waals surface area contributed by atoms with Gasteiger partial charge in [-0.05, 0) is 48.2 Å². The normalized spacial score (nSPS) is 20.5. The zero-order valence-electron chi connectivity index (χ0n) is 12.6. The highest BCUT2D eigenvalue weighted by molar-refractivity contribution is 5.93. The zero-order chi connectivity index (χ0) is 15.2. The number of ether oxygens (including phenoxy) is 2. The molecule has 0 N–H and O–H groups in total. The Bertz CT molecular complexity index is 758. The molecular weight excluding hydrogens is 281 g/mol. The molecule has 114 valence electrons. The number of pyridine rings is 1. The Balaban J connectivity index is 1.79. The molecule has 22 heavy (non-hydrogen) atoms. The highest BCUT2D eigenvalue weighted by Gasteiger charge is 2.38. The van der Waals surface area contributed by atoms with Crippen molar-refractivity contribution in [1.82, 2.24) is 4.98 Å². The second kappa shape index (κ2) is 5.14. The van der Waals surface area contributed by atoms with Gasteiger partial charge in [0, 0.05) is 24.4 Å². The van der Waals surface area contributed by atoms with E-state index in [4.69, 9.17) is 9.47 Å². The Morgan fingerprint density at radius 1 is 1.23 bits per heavy atom. The van der Waals surface area contributed by atoms with Gasteiger partial charge in [0.05, 0.1) is 18.7 Å². The Kier molecular flexibility index (Phi) is 3.24. The van der Waals surface area contributed by atoms with Gasteiger partial charge in [0.15, 0.2) is 5.79 Å². The summed E-state index contributed by atoms with van der Waals surface area (Å²) in [6.45, 7) is 3.37. The molecule has 1 aliphatic carbocycles. The van der Waals surface area contributed by atoms with Crippen molar-refractivity contribution in [3.05, 3.63) is 47.4 Å². The lowest BCUT2D eigenvalue weighted by atomic mass is 9.86. The van der Waals surface area contributed by atoms with E-state index in [0.717, 1.165) is 41.3 Å². The van der Waals surface area contributed by atoms with Crippen molar-refractivity contribution in [3.8, 4) is 0 Å². The lowest BCUT2D eigenvalue weighted by molar-refractivity contribution is -0.159. The number of nitrogens with zero attached hydrogens (tertiary/aromatic N) is 1. The van der Waals surface area contributed by atoms with Crippen LogP contribution in [-0.2, 0) is 9.47 Å². The predicted molar refractivity (Wildman–Crippen MR) is 82.9 cm³/mol.